The fourth-order valence-electron chi connectivity index (χ4n) is 2.27. The summed E-state index contributed by atoms with van der Waals surface area (Å²) in [6.07, 6.45) is 0. The first-order chi connectivity index (χ1) is 8.49. The second kappa shape index (κ2) is 4.97. The van der Waals surface area contributed by atoms with Gasteiger partial charge in [-0.3, -0.25) is 0 Å². The third-order valence-corrected chi connectivity index (χ3v) is 3.22. The van der Waals surface area contributed by atoms with Gasteiger partial charge in [-0.05, 0) is 48.5 Å². The molecule has 0 fully saturated rings. The molecule has 0 bridgehead atoms. The van der Waals surface area contributed by atoms with Gasteiger partial charge in [0.1, 0.15) is 0 Å². The quantitative estimate of drug-likeness (QED) is 0.788. The van der Waals surface area contributed by atoms with E-state index in [-0.39, 0.29) is 0 Å². The van der Waals surface area contributed by atoms with E-state index in [1.54, 1.807) is 6.07 Å². The summed E-state index contributed by atoms with van der Waals surface area (Å²) in [6.45, 7) is 6.16. The summed E-state index contributed by atoms with van der Waals surface area (Å²) in [6, 6.07) is 11.9. The monoisotopic (exact) mass is 240 g/mol. The van der Waals surface area contributed by atoms with Gasteiger partial charge in [-0.2, -0.15) is 0 Å². The van der Waals surface area contributed by atoms with Crippen LogP contribution in [0.2, 0.25) is 0 Å². The Kier molecular flexibility index (Phi) is 3.55. The van der Waals surface area contributed by atoms with E-state index in [1.165, 1.54) is 16.7 Å². The topological polar surface area (TPSA) is 40.5 Å². The minimum Gasteiger partial charge on any atom is -0.423 e. The zero-order chi connectivity index (χ0) is 13.3. The molecule has 0 saturated carbocycles. The lowest BCUT2D eigenvalue weighted by Crippen LogP contribution is -2.29. The Morgan fingerprint density at radius 3 is 1.83 bits per heavy atom. The van der Waals surface area contributed by atoms with Gasteiger partial charge in [0.2, 0.25) is 0 Å². The lowest BCUT2D eigenvalue weighted by molar-refractivity contribution is 0.426. The van der Waals surface area contributed by atoms with E-state index >= 15 is 0 Å². The standard InChI is InChI=1S/C15H17BO2/c1-10-4-6-14(11(2)8-10)15-7-5-13(16(17)18)9-12(15)3/h4-9,17-18H,1-3H3. The van der Waals surface area contributed by atoms with E-state index in [4.69, 9.17) is 10.0 Å². The molecule has 0 aliphatic carbocycles. The average molecular weight is 240 g/mol. The maximum Gasteiger partial charge on any atom is 0.488 e. The third-order valence-electron chi connectivity index (χ3n) is 3.22. The van der Waals surface area contributed by atoms with Crippen molar-refractivity contribution in [2.75, 3.05) is 0 Å². The molecule has 0 unspecified atom stereocenters. The molecule has 0 radical (unpaired) electrons. The molecule has 0 spiro atoms. The maximum absolute atomic E-state index is 9.16. The Morgan fingerprint density at radius 2 is 1.33 bits per heavy atom. The van der Waals surface area contributed by atoms with Crippen LogP contribution in [-0.4, -0.2) is 17.2 Å². The van der Waals surface area contributed by atoms with Crippen molar-refractivity contribution in [3.8, 4) is 11.1 Å². The van der Waals surface area contributed by atoms with Gasteiger partial charge < -0.3 is 10.0 Å². The fourth-order valence-corrected chi connectivity index (χ4v) is 2.27. The van der Waals surface area contributed by atoms with Crippen LogP contribution in [0.5, 0.6) is 0 Å². The van der Waals surface area contributed by atoms with Crippen LogP contribution < -0.4 is 5.46 Å². The molecule has 2 rings (SSSR count). The van der Waals surface area contributed by atoms with Crippen molar-refractivity contribution in [2.45, 2.75) is 20.8 Å². The summed E-state index contributed by atoms with van der Waals surface area (Å²) in [5.41, 5.74) is 6.38. The molecule has 0 amide bonds. The number of benzene rings is 2. The van der Waals surface area contributed by atoms with Gasteiger partial charge in [0.15, 0.2) is 0 Å². The van der Waals surface area contributed by atoms with Crippen LogP contribution >= 0.6 is 0 Å². The first-order valence-electron chi connectivity index (χ1n) is 6.03. The van der Waals surface area contributed by atoms with Gasteiger partial charge in [0, 0.05) is 0 Å². The highest BCUT2D eigenvalue weighted by molar-refractivity contribution is 6.58. The second-order valence-electron chi connectivity index (χ2n) is 4.77. The van der Waals surface area contributed by atoms with E-state index in [0.717, 1.165) is 11.1 Å². The van der Waals surface area contributed by atoms with Crippen LogP contribution in [0.3, 0.4) is 0 Å². The molecule has 0 aromatic heterocycles. The van der Waals surface area contributed by atoms with Gasteiger partial charge >= 0.3 is 7.12 Å². The van der Waals surface area contributed by atoms with Gasteiger partial charge in [-0.25, -0.2) is 0 Å². The van der Waals surface area contributed by atoms with Crippen molar-refractivity contribution in [2.24, 2.45) is 0 Å². The van der Waals surface area contributed by atoms with Crippen LogP contribution in [0.4, 0.5) is 0 Å². The largest absolute Gasteiger partial charge is 0.488 e. The van der Waals surface area contributed by atoms with E-state index < -0.39 is 7.12 Å². The molecule has 0 heterocycles. The van der Waals surface area contributed by atoms with E-state index in [0.29, 0.717) is 5.46 Å². The normalized spacial score (nSPS) is 10.5. The molecule has 2 nitrogen and oxygen atoms in total. The molecule has 2 aromatic carbocycles. The lowest BCUT2D eigenvalue weighted by atomic mass is 9.78. The second-order valence-corrected chi connectivity index (χ2v) is 4.77. The zero-order valence-electron chi connectivity index (χ0n) is 10.9. The summed E-state index contributed by atoms with van der Waals surface area (Å²) < 4.78 is 0. The Balaban J connectivity index is 2.51. The fraction of sp³-hybridized carbons (Fsp3) is 0.200. The minimum atomic E-state index is -1.41. The van der Waals surface area contributed by atoms with E-state index in [9.17, 15) is 0 Å². The molecule has 0 atom stereocenters. The van der Waals surface area contributed by atoms with Crippen LogP contribution in [0.15, 0.2) is 36.4 Å². The molecule has 0 aliphatic rings. The van der Waals surface area contributed by atoms with E-state index in [2.05, 4.69) is 32.0 Å². The summed E-state index contributed by atoms with van der Waals surface area (Å²) in [5, 5.41) is 18.3. The summed E-state index contributed by atoms with van der Waals surface area (Å²) >= 11 is 0. The summed E-state index contributed by atoms with van der Waals surface area (Å²) in [4.78, 5) is 0. The zero-order valence-corrected chi connectivity index (χ0v) is 10.9. The highest BCUT2D eigenvalue weighted by atomic mass is 16.4. The van der Waals surface area contributed by atoms with Crippen LogP contribution in [0.25, 0.3) is 11.1 Å². The molecule has 2 N–H and O–H groups in total. The van der Waals surface area contributed by atoms with Gasteiger partial charge in [-0.15, -0.1) is 0 Å². The van der Waals surface area contributed by atoms with Gasteiger partial charge in [-0.1, -0.05) is 42.0 Å². The average Bonchev–Trinajstić information content (AvgIpc) is 2.30. The van der Waals surface area contributed by atoms with Crippen LogP contribution in [0, 0.1) is 20.8 Å². The third kappa shape index (κ3) is 2.47. The minimum absolute atomic E-state index is 0.529. The van der Waals surface area contributed by atoms with Crippen molar-refractivity contribution in [3.05, 3.63) is 53.1 Å². The van der Waals surface area contributed by atoms with Gasteiger partial charge in [0.05, 0.1) is 0 Å². The van der Waals surface area contributed by atoms with Crippen molar-refractivity contribution >= 4 is 12.6 Å². The molecule has 0 saturated heterocycles. The van der Waals surface area contributed by atoms with Crippen molar-refractivity contribution in [1.82, 2.24) is 0 Å². The van der Waals surface area contributed by atoms with E-state index in [1.807, 2.05) is 19.1 Å². The number of rotatable bonds is 2. The Labute approximate surface area is 108 Å². The summed E-state index contributed by atoms with van der Waals surface area (Å²) in [7, 11) is -1.41. The number of aryl methyl sites for hydroxylation is 3. The SMILES string of the molecule is Cc1ccc(-c2ccc(B(O)O)cc2C)c(C)c1. The van der Waals surface area contributed by atoms with Crippen LogP contribution in [-0.2, 0) is 0 Å². The Morgan fingerprint density at radius 1 is 0.778 bits per heavy atom. The first kappa shape index (κ1) is 12.9. The predicted octanol–water partition coefficient (Wildman–Crippen LogP) is 1.96. The molecule has 2 aromatic rings. The molecule has 92 valence electrons. The van der Waals surface area contributed by atoms with Crippen LogP contribution in [0.1, 0.15) is 16.7 Å². The van der Waals surface area contributed by atoms with Crippen molar-refractivity contribution < 1.29 is 10.0 Å². The first-order valence-corrected chi connectivity index (χ1v) is 6.03. The lowest BCUT2D eigenvalue weighted by Gasteiger charge is -2.11. The Bertz CT molecular complexity index is 577. The maximum atomic E-state index is 9.16. The van der Waals surface area contributed by atoms with Crippen molar-refractivity contribution in [1.29, 1.82) is 0 Å². The number of hydrogen-bond acceptors (Lipinski definition) is 2. The smallest absolute Gasteiger partial charge is 0.423 e. The molecular formula is C15H17BO2. The highest BCUT2D eigenvalue weighted by Gasteiger charge is 2.13. The molecular weight excluding hydrogens is 223 g/mol. The predicted molar refractivity (Wildman–Crippen MR) is 75.9 cm³/mol. The Hall–Kier alpha value is -1.58. The molecule has 0 aliphatic heterocycles. The number of hydrogen-bond donors (Lipinski definition) is 2. The highest BCUT2D eigenvalue weighted by Crippen LogP contribution is 2.26. The molecule has 3 heteroatoms. The molecule has 18 heavy (non-hydrogen) atoms. The van der Waals surface area contributed by atoms with Gasteiger partial charge in [0.25, 0.3) is 0 Å². The van der Waals surface area contributed by atoms with Crippen molar-refractivity contribution in [3.63, 3.8) is 0 Å². The summed E-state index contributed by atoms with van der Waals surface area (Å²) in [5.74, 6) is 0.